The Bertz CT molecular complexity index is 1040. The molecule has 0 aliphatic heterocycles. The van der Waals surface area contributed by atoms with E-state index in [1.54, 1.807) is 0 Å². The van der Waals surface area contributed by atoms with E-state index in [1.807, 2.05) is 43.3 Å². The topological polar surface area (TPSA) is 82.5 Å². The van der Waals surface area contributed by atoms with Crippen molar-refractivity contribution in [1.82, 2.24) is 30.4 Å². The van der Waals surface area contributed by atoms with Gasteiger partial charge in [-0.05, 0) is 35.8 Å². The summed E-state index contributed by atoms with van der Waals surface area (Å²) in [6, 6.07) is 16.1. The third kappa shape index (κ3) is 3.37. The van der Waals surface area contributed by atoms with Gasteiger partial charge in [0.25, 0.3) is 0 Å². The summed E-state index contributed by atoms with van der Waals surface area (Å²) in [6.45, 7) is 4.38. The standard InChI is InChI=1S/C19H18N6O/c1-13-7-3-5-9-15(13)11-17-20-21-18(26-17)12-25-23-19(22-24-25)16-10-6-4-8-14(16)2/h3-10H,11-12H2,1-2H3. The van der Waals surface area contributed by atoms with Crippen LogP contribution in [0.2, 0.25) is 0 Å². The first kappa shape index (κ1) is 16.1. The van der Waals surface area contributed by atoms with E-state index in [9.17, 15) is 0 Å². The number of aryl methyl sites for hydroxylation is 2. The van der Waals surface area contributed by atoms with Crippen molar-refractivity contribution in [3.63, 3.8) is 0 Å². The lowest BCUT2D eigenvalue weighted by atomic mass is 10.1. The molecule has 7 heteroatoms. The van der Waals surface area contributed by atoms with Gasteiger partial charge < -0.3 is 4.42 Å². The van der Waals surface area contributed by atoms with Crippen LogP contribution in [-0.2, 0) is 13.0 Å². The first-order valence-electron chi connectivity index (χ1n) is 8.38. The Morgan fingerprint density at radius 1 is 0.846 bits per heavy atom. The molecule has 0 aliphatic carbocycles. The van der Waals surface area contributed by atoms with Crippen molar-refractivity contribution in [3.05, 3.63) is 77.0 Å². The van der Waals surface area contributed by atoms with Crippen LogP contribution in [0.3, 0.4) is 0 Å². The minimum atomic E-state index is 0.291. The number of aromatic nitrogens is 6. The zero-order valence-corrected chi connectivity index (χ0v) is 14.6. The Kier molecular flexibility index (Phi) is 4.27. The van der Waals surface area contributed by atoms with E-state index >= 15 is 0 Å². The maximum absolute atomic E-state index is 5.73. The van der Waals surface area contributed by atoms with E-state index in [1.165, 1.54) is 15.9 Å². The van der Waals surface area contributed by atoms with Crippen molar-refractivity contribution in [2.45, 2.75) is 26.8 Å². The van der Waals surface area contributed by atoms with Crippen molar-refractivity contribution >= 4 is 0 Å². The maximum atomic E-state index is 5.73. The van der Waals surface area contributed by atoms with Crippen LogP contribution in [-0.4, -0.2) is 30.4 Å². The van der Waals surface area contributed by atoms with Crippen molar-refractivity contribution in [2.75, 3.05) is 0 Å². The van der Waals surface area contributed by atoms with Crippen LogP contribution in [0.25, 0.3) is 11.4 Å². The Morgan fingerprint density at radius 2 is 1.58 bits per heavy atom. The van der Waals surface area contributed by atoms with Gasteiger partial charge in [0.1, 0.15) is 6.54 Å². The summed E-state index contributed by atoms with van der Waals surface area (Å²) >= 11 is 0. The third-order valence-electron chi connectivity index (χ3n) is 4.23. The molecule has 2 heterocycles. The predicted molar refractivity (Wildman–Crippen MR) is 95.4 cm³/mol. The average Bonchev–Trinajstić information content (AvgIpc) is 3.27. The molecule has 4 rings (SSSR count). The van der Waals surface area contributed by atoms with Crippen molar-refractivity contribution < 1.29 is 4.42 Å². The lowest BCUT2D eigenvalue weighted by Crippen LogP contribution is -2.04. The summed E-state index contributed by atoms with van der Waals surface area (Å²) in [5, 5.41) is 20.8. The Labute approximate surface area is 150 Å². The van der Waals surface area contributed by atoms with E-state index in [0.717, 1.165) is 11.1 Å². The smallest absolute Gasteiger partial charge is 0.239 e. The molecule has 2 aromatic carbocycles. The van der Waals surface area contributed by atoms with Crippen molar-refractivity contribution in [3.8, 4) is 11.4 Å². The second-order valence-electron chi connectivity index (χ2n) is 6.15. The van der Waals surface area contributed by atoms with Gasteiger partial charge in [0.15, 0.2) is 0 Å². The van der Waals surface area contributed by atoms with Gasteiger partial charge in [-0.3, -0.25) is 0 Å². The molecule has 0 fully saturated rings. The Hall–Kier alpha value is -3.35. The van der Waals surface area contributed by atoms with E-state index in [2.05, 4.69) is 44.7 Å². The minimum Gasteiger partial charge on any atom is -0.423 e. The van der Waals surface area contributed by atoms with Crippen molar-refractivity contribution in [2.24, 2.45) is 0 Å². The van der Waals surface area contributed by atoms with Crippen LogP contribution in [0.15, 0.2) is 52.9 Å². The fourth-order valence-electron chi connectivity index (χ4n) is 2.76. The van der Waals surface area contributed by atoms with Gasteiger partial charge in [-0.25, -0.2) is 0 Å². The van der Waals surface area contributed by atoms with Gasteiger partial charge in [-0.15, -0.1) is 20.4 Å². The lowest BCUT2D eigenvalue weighted by Gasteiger charge is -2.01. The van der Waals surface area contributed by atoms with Gasteiger partial charge in [-0.1, -0.05) is 48.5 Å². The minimum absolute atomic E-state index is 0.291. The molecule has 2 aromatic heterocycles. The molecule has 0 saturated carbocycles. The fraction of sp³-hybridized carbons (Fsp3) is 0.211. The van der Waals surface area contributed by atoms with Crippen molar-refractivity contribution in [1.29, 1.82) is 0 Å². The first-order chi connectivity index (χ1) is 12.7. The van der Waals surface area contributed by atoms with Crippen LogP contribution in [0.4, 0.5) is 0 Å². The van der Waals surface area contributed by atoms with Crippen LogP contribution in [0, 0.1) is 13.8 Å². The number of hydrogen-bond acceptors (Lipinski definition) is 6. The highest BCUT2D eigenvalue weighted by Gasteiger charge is 2.12. The lowest BCUT2D eigenvalue weighted by molar-refractivity contribution is 0.418. The maximum Gasteiger partial charge on any atom is 0.239 e. The van der Waals surface area contributed by atoms with E-state index in [4.69, 9.17) is 4.42 Å². The van der Waals surface area contributed by atoms with Crippen LogP contribution >= 0.6 is 0 Å². The molecule has 0 radical (unpaired) electrons. The molecule has 0 N–H and O–H groups in total. The normalized spacial score (nSPS) is 11.0. The number of rotatable bonds is 5. The molecular weight excluding hydrogens is 328 g/mol. The van der Waals surface area contributed by atoms with Crippen LogP contribution in [0.1, 0.15) is 28.5 Å². The zero-order chi connectivity index (χ0) is 17.9. The Morgan fingerprint density at radius 3 is 2.38 bits per heavy atom. The molecule has 0 spiro atoms. The molecule has 0 aliphatic rings. The summed E-state index contributed by atoms with van der Waals surface area (Å²) in [5.41, 5.74) is 4.44. The summed E-state index contributed by atoms with van der Waals surface area (Å²) in [7, 11) is 0. The molecule has 0 amide bonds. The molecule has 0 unspecified atom stereocenters. The van der Waals surface area contributed by atoms with Gasteiger partial charge in [0.2, 0.25) is 17.6 Å². The number of benzene rings is 2. The molecule has 26 heavy (non-hydrogen) atoms. The predicted octanol–water partition coefficient (Wildman–Crippen LogP) is 2.98. The fourth-order valence-corrected chi connectivity index (χ4v) is 2.76. The van der Waals surface area contributed by atoms with Gasteiger partial charge in [-0.2, -0.15) is 4.80 Å². The number of tetrazole rings is 1. The molecule has 130 valence electrons. The van der Waals surface area contributed by atoms with Crippen LogP contribution < -0.4 is 0 Å². The van der Waals surface area contributed by atoms with Gasteiger partial charge in [0.05, 0.1) is 6.42 Å². The highest BCUT2D eigenvalue weighted by Crippen LogP contribution is 2.18. The van der Waals surface area contributed by atoms with E-state index < -0.39 is 0 Å². The molecule has 0 bridgehead atoms. The Balaban J connectivity index is 1.48. The van der Waals surface area contributed by atoms with Crippen LogP contribution in [0.5, 0.6) is 0 Å². The SMILES string of the molecule is Cc1ccccc1Cc1nnc(Cn2nnc(-c3ccccc3C)n2)o1. The average molecular weight is 346 g/mol. The summed E-state index contributed by atoms with van der Waals surface area (Å²) < 4.78 is 5.73. The molecule has 4 aromatic rings. The second kappa shape index (κ2) is 6.87. The quantitative estimate of drug-likeness (QED) is 0.552. The highest BCUT2D eigenvalue weighted by molar-refractivity contribution is 5.58. The van der Waals surface area contributed by atoms with E-state index in [-0.39, 0.29) is 0 Å². The summed E-state index contributed by atoms with van der Waals surface area (Å²) in [4.78, 5) is 1.47. The molecule has 7 nitrogen and oxygen atoms in total. The summed E-state index contributed by atoms with van der Waals surface area (Å²) in [5.74, 6) is 1.62. The van der Waals surface area contributed by atoms with Gasteiger partial charge >= 0.3 is 0 Å². The first-order valence-corrected chi connectivity index (χ1v) is 8.38. The molecular formula is C19H18N6O. The highest BCUT2D eigenvalue weighted by atomic mass is 16.4. The monoisotopic (exact) mass is 346 g/mol. The van der Waals surface area contributed by atoms with Gasteiger partial charge in [0, 0.05) is 5.56 Å². The molecule has 0 saturated heterocycles. The molecule has 0 atom stereocenters. The summed E-state index contributed by atoms with van der Waals surface area (Å²) in [6.07, 6.45) is 0.610. The van der Waals surface area contributed by atoms with E-state index in [0.29, 0.717) is 30.6 Å². The second-order valence-corrected chi connectivity index (χ2v) is 6.15. The zero-order valence-electron chi connectivity index (χ0n) is 14.6. The number of nitrogens with zero attached hydrogens (tertiary/aromatic N) is 6. The largest absolute Gasteiger partial charge is 0.423 e. The third-order valence-corrected chi connectivity index (χ3v) is 4.23. The number of hydrogen-bond donors (Lipinski definition) is 0.